The molecule has 1 aromatic heterocycles. The molecule has 0 spiro atoms. The van der Waals surface area contributed by atoms with E-state index in [9.17, 15) is 0 Å². The van der Waals surface area contributed by atoms with Crippen LogP contribution in [0.15, 0.2) is 22.8 Å². The first-order chi connectivity index (χ1) is 8.83. The van der Waals surface area contributed by atoms with Gasteiger partial charge in [0.1, 0.15) is 5.76 Å². The van der Waals surface area contributed by atoms with Crippen molar-refractivity contribution in [3.05, 3.63) is 24.2 Å². The predicted octanol–water partition coefficient (Wildman–Crippen LogP) is 2.80. The van der Waals surface area contributed by atoms with Gasteiger partial charge in [0.25, 0.3) is 0 Å². The van der Waals surface area contributed by atoms with Gasteiger partial charge in [-0.05, 0) is 57.2 Å². The van der Waals surface area contributed by atoms with Gasteiger partial charge in [-0.25, -0.2) is 0 Å². The maximum atomic E-state index is 5.51. The Hall–Kier alpha value is -0.800. The lowest BCUT2D eigenvalue weighted by molar-refractivity contribution is 0.138. The third-order valence-corrected chi connectivity index (χ3v) is 4.42. The van der Waals surface area contributed by atoms with E-state index in [-0.39, 0.29) is 0 Å². The van der Waals surface area contributed by atoms with Crippen molar-refractivity contribution in [2.45, 2.75) is 44.7 Å². The summed E-state index contributed by atoms with van der Waals surface area (Å²) in [5.74, 6) is 2.09. The first-order valence-corrected chi connectivity index (χ1v) is 7.34. The molecule has 2 heterocycles. The minimum absolute atomic E-state index is 0.421. The summed E-state index contributed by atoms with van der Waals surface area (Å²) in [6, 6.07) is 5.23. The Balaban J connectivity index is 1.44. The largest absolute Gasteiger partial charge is 0.468 e. The molecule has 1 aliphatic carbocycles. The summed E-state index contributed by atoms with van der Waals surface area (Å²) in [6.45, 7) is 5.86. The van der Waals surface area contributed by atoms with Gasteiger partial charge in [-0.15, -0.1) is 0 Å². The van der Waals surface area contributed by atoms with Gasteiger partial charge in [-0.3, -0.25) is 4.90 Å². The predicted molar refractivity (Wildman–Crippen MR) is 72.4 cm³/mol. The van der Waals surface area contributed by atoms with E-state index in [1.54, 1.807) is 6.26 Å². The standard InChI is InChI=1S/C15H24N2O/c1-12(15-3-2-10-18-15)17-8-6-14(7-9-17)16-11-13-4-5-13/h2-3,10,12-14,16H,4-9,11H2,1H3. The van der Waals surface area contributed by atoms with E-state index in [4.69, 9.17) is 4.42 Å². The Morgan fingerprint density at radius 3 is 2.72 bits per heavy atom. The van der Waals surface area contributed by atoms with Crippen molar-refractivity contribution < 1.29 is 4.42 Å². The van der Waals surface area contributed by atoms with Crippen molar-refractivity contribution in [2.24, 2.45) is 5.92 Å². The van der Waals surface area contributed by atoms with Crippen molar-refractivity contribution in [3.63, 3.8) is 0 Å². The SMILES string of the molecule is CC(c1ccco1)N1CCC(NCC2CC2)CC1. The molecular weight excluding hydrogens is 224 g/mol. The molecule has 1 atom stereocenters. The molecule has 1 saturated carbocycles. The third-order valence-electron chi connectivity index (χ3n) is 4.42. The number of nitrogens with zero attached hydrogens (tertiary/aromatic N) is 1. The summed E-state index contributed by atoms with van der Waals surface area (Å²) in [7, 11) is 0. The molecule has 1 N–H and O–H groups in total. The molecule has 1 aliphatic heterocycles. The molecule has 100 valence electrons. The van der Waals surface area contributed by atoms with E-state index in [2.05, 4.69) is 23.2 Å². The Labute approximate surface area is 110 Å². The quantitative estimate of drug-likeness (QED) is 0.868. The summed E-state index contributed by atoms with van der Waals surface area (Å²) >= 11 is 0. The van der Waals surface area contributed by atoms with E-state index < -0.39 is 0 Å². The van der Waals surface area contributed by atoms with Crippen LogP contribution in [0.25, 0.3) is 0 Å². The van der Waals surface area contributed by atoms with Crippen LogP contribution in [0, 0.1) is 5.92 Å². The molecule has 3 nitrogen and oxygen atoms in total. The summed E-state index contributed by atoms with van der Waals surface area (Å²) in [5, 5.41) is 3.73. The summed E-state index contributed by atoms with van der Waals surface area (Å²) in [5.41, 5.74) is 0. The summed E-state index contributed by atoms with van der Waals surface area (Å²) in [6.07, 6.45) is 7.22. The zero-order valence-corrected chi connectivity index (χ0v) is 11.3. The monoisotopic (exact) mass is 248 g/mol. The van der Waals surface area contributed by atoms with Gasteiger partial charge in [-0.1, -0.05) is 0 Å². The number of nitrogens with one attached hydrogen (secondary N) is 1. The Kier molecular flexibility index (Phi) is 3.71. The van der Waals surface area contributed by atoms with Gasteiger partial charge in [-0.2, -0.15) is 0 Å². The smallest absolute Gasteiger partial charge is 0.120 e. The molecule has 0 radical (unpaired) electrons. The molecule has 0 amide bonds. The molecule has 2 fully saturated rings. The van der Waals surface area contributed by atoms with Gasteiger partial charge >= 0.3 is 0 Å². The highest BCUT2D eigenvalue weighted by atomic mass is 16.3. The van der Waals surface area contributed by atoms with Crippen LogP contribution in [0.5, 0.6) is 0 Å². The van der Waals surface area contributed by atoms with Crippen molar-refractivity contribution in [1.82, 2.24) is 10.2 Å². The summed E-state index contributed by atoms with van der Waals surface area (Å²) < 4.78 is 5.51. The normalized spacial score (nSPS) is 24.3. The Morgan fingerprint density at radius 1 is 1.33 bits per heavy atom. The third kappa shape index (κ3) is 2.96. The van der Waals surface area contributed by atoms with Gasteiger partial charge < -0.3 is 9.73 Å². The fourth-order valence-electron chi connectivity index (χ4n) is 2.86. The lowest BCUT2D eigenvalue weighted by Gasteiger charge is -2.35. The van der Waals surface area contributed by atoms with Crippen molar-refractivity contribution in [3.8, 4) is 0 Å². The number of furan rings is 1. The second-order valence-corrected chi connectivity index (χ2v) is 5.85. The van der Waals surface area contributed by atoms with Crippen LogP contribution in [-0.4, -0.2) is 30.6 Å². The van der Waals surface area contributed by atoms with Crippen LogP contribution in [0.3, 0.4) is 0 Å². The first kappa shape index (κ1) is 12.2. The minimum Gasteiger partial charge on any atom is -0.468 e. The number of piperidine rings is 1. The summed E-state index contributed by atoms with van der Waals surface area (Å²) in [4.78, 5) is 2.54. The van der Waals surface area contributed by atoms with Crippen LogP contribution in [-0.2, 0) is 0 Å². The van der Waals surface area contributed by atoms with E-state index in [0.717, 1.165) is 17.7 Å². The van der Waals surface area contributed by atoms with Crippen LogP contribution in [0.1, 0.15) is 44.4 Å². The van der Waals surface area contributed by atoms with E-state index >= 15 is 0 Å². The number of likely N-dealkylation sites (tertiary alicyclic amines) is 1. The van der Waals surface area contributed by atoms with Crippen LogP contribution in [0.4, 0.5) is 0 Å². The molecule has 2 aliphatic rings. The molecule has 3 rings (SSSR count). The average Bonchev–Trinajstić information content (AvgIpc) is 3.08. The fraction of sp³-hybridized carbons (Fsp3) is 0.733. The average molecular weight is 248 g/mol. The lowest BCUT2D eigenvalue weighted by atomic mass is 10.0. The second kappa shape index (κ2) is 5.45. The zero-order chi connectivity index (χ0) is 12.4. The molecule has 1 saturated heterocycles. The van der Waals surface area contributed by atoms with Crippen molar-refractivity contribution >= 4 is 0 Å². The number of rotatable bonds is 5. The Morgan fingerprint density at radius 2 is 2.11 bits per heavy atom. The highest BCUT2D eigenvalue weighted by Gasteiger charge is 2.26. The van der Waals surface area contributed by atoms with Gasteiger partial charge in [0.15, 0.2) is 0 Å². The molecule has 0 aromatic carbocycles. The number of hydrogen-bond donors (Lipinski definition) is 1. The minimum atomic E-state index is 0.421. The molecule has 1 unspecified atom stereocenters. The highest BCUT2D eigenvalue weighted by molar-refractivity contribution is 5.04. The first-order valence-electron chi connectivity index (χ1n) is 7.34. The fourth-order valence-corrected chi connectivity index (χ4v) is 2.86. The van der Waals surface area contributed by atoms with E-state index in [1.165, 1.54) is 45.3 Å². The number of hydrogen-bond acceptors (Lipinski definition) is 3. The highest BCUT2D eigenvalue weighted by Crippen LogP contribution is 2.29. The maximum Gasteiger partial charge on any atom is 0.120 e. The van der Waals surface area contributed by atoms with Crippen LogP contribution < -0.4 is 5.32 Å². The molecule has 18 heavy (non-hydrogen) atoms. The van der Waals surface area contributed by atoms with Crippen LogP contribution in [0.2, 0.25) is 0 Å². The van der Waals surface area contributed by atoms with Crippen molar-refractivity contribution in [2.75, 3.05) is 19.6 Å². The Bertz CT molecular complexity index is 351. The van der Waals surface area contributed by atoms with Gasteiger partial charge in [0.2, 0.25) is 0 Å². The van der Waals surface area contributed by atoms with E-state index in [0.29, 0.717) is 6.04 Å². The van der Waals surface area contributed by atoms with E-state index in [1.807, 2.05) is 6.07 Å². The zero-order valence-electron chi connectivity index (χ0n) is 11.3. The van der Waals surface area contributed by atoms with Crippen LogP contribution >= 0.6 is 0 Å². The second-order valence-electron chi connectivity index (χ2n) is 5.85. The molecule has 0 bridgehead atoms. The van der Waals surface area contributed by atoms with Crippen molar-refractivity contribution in [1.29, 1.82) is 0 Å². The lowest BCUT2D eigenvalue weighted by Crippen LogP contribution is -2.43. The van der Waals surface area contributed by atoms with Gasteiger partial charge in [0.05, 0.1) is 12.3 Å². The molecular formula is C15H24N2O. The maximum absolute atomic E-state index is 5.51. The molecule has 1 aromatic rings. The molecule has 3 heteroatoms. The topological polar surface area (TPSA) is 28.4 Å². The van der Waals surface area contributed by atoms with Gasteiger partial charge in [0, 0.05) is 19.1 Å².